The number of aryl methyl sites for hydroxylation is 1. The molecule has 0 amide bonds. The Hall–Kier alpha value is -3.20. The van der Waals surface area contributed by atoms with Crippen molar-refractivity contribution in [1.29, 1.82) is 0 Å². The molecular weight excluding hydrogens is 452 g/mol. The predicted molar refractivity (Wildman–Crippen MR) is 121 cm³/mol. The lowest BCUT2D eigenvalue weighted by molar-refractivity contribution is 0.0429. The summed E-state index contributed by atoms with van der Waals surface area (Å²) >= 11 is 7.27. The number of rotatable bonds is 7. The van der Waals surface area contributed by atoms with Crippen LogP contribution < -0.4 is 0 Å². The Balaban J connectivity index is 1.60. The van der Waals surface area contributed by atoms with Gasteiger partial charge in [-0.15, -0.1) is 10.2 Å². The first-order valence-corrected chi connectivity index (χ1v) is 10.9. The van der Waals surface area contributed by atoms with Gasteiger partial charge >= 0.3 is 0 Å². The van der Waals surface area contributed by atoms with Gasteiger partial charge in [-0.05, 0) is 43.7 Å². The van der Waals surface area contributed by atoms with Gasteiger partial charge in [0.15, 0.2) is 5.76 Å². The molecular formula is C23H19ClN2O5S. The van der Waals surface area contributed by atoms with Crippen LogP contribution in [0.15, 0.2) is 52.9 Å². The van der Waals surface area contributed by atoms with Crippen molar-refractivity contribution >= 4 is 28.7 Å². The molecule has 0 spiro atoms. The first kappa shape index (κ1) is 22.0. The highest BCUT2D eigenvalue weighted by Gasteiger charge is 2.26. The number of halogens is 1. The van der Waals surface area contributed by atoms with Gasteiger partial charge in [0, 0.05) is 17.7 Å². The lowest BCUT2D eigenvalue weighted by Crippen LogP contribution is -2.16. The van der Waals surface area contributed by atoms with Crippen LogP contribution in [0, 0.1) is 6.92 Å². The minimum atomic E-state index is -0.851. The lowest BCUT2D eigenvalue weighted by atomic mass is 10.0. The highest BCUT2D eigenvalue weighted by atomic mass is 35.5. The van der Waals surface area contributed by atoms with E-state index in [1.807, 2.05) is 38.1 Å². The number of Topliss-reactive ketones (excluding diaryl/α,β-unsaturated/α-hetero) is 1. The summed E-state index contributed by atoms with van der Waals surface area (Å²) in [5.41, 5.74) is 1.97. The van der Waals surface area contributed by atoms with Crippen LogP contribution in [0.1, 0.15) is 34.2 Å². The van der Waals surface area contributed by atoms with E-state index in [0.717, 1.165) is 15.6 Å². The third kappa shape index (κ3) is 4.38. The van der Waals surface area contributed by atoms with E-state index in [9.17, 15) is 15.0 Å². The fourth-order valence-corrected chi connectivity index (χ4v) is 4.00. The number of carbonyl (C=O) groups excluding carboxylic acids is 1. The maximum Gasteiger partial charge on any atom is 0.231 e. The van der Waals surface area contributed by atoms with Crippen molar-refractivity contribution < 1.29 is 24.2 Å². The average Bonchev–Trinajstić information content (AvgIpc) is 3.45. The fourth-order valence-electron chi connectivity index (χ4n) is 3.19. The standard InChI is InChI=1S/C23H19ClN2O5S/c1-3-30-22(13-4-6-14(7-5-13)23-26-25-12(2)32-23)21(29)19-9-8-18(31-19)15-10-16(27)20(24)17(28)11-15/h4-11,22,27-28H,3H2,1-2H3. The largest absolute Gasteiger partial charge is 0.506 e. The summed E-state index contributed by atoms with van der Waals surface area (Å²) in [6.07, 6.45) is -0.851. The minimum Gasteiger partial charge on any atom is -0.506 e. The number of carbonyl (C=O) groups is 1. The van der Waals surface area contributed by atoms with Crippen LogP contribution in [0.2, 0.25) is 5.02 Å². The summed E-state index contributed by atoms with van der Waals surface area (Å²) in [6, 6.07) is 13.2. The highest BCUT2D eigenvalue weighted by molar-refractivity contribution is 7.14. The van der Waals surface area contributed by atoms with Crippen LogP contribution in [0.4, 0.5) is 0 Å². The van der Waals surface area contributed by atoms with Gasteiger partial charge in [-0.1, -0.05) is 47.2 Å². The fraction of sp³-hybridized carbons (Fsp3) is 0.174. The third-order valence-corrected chi connectivity index (χ3v) is 6.00. The molecule has 0 saturated carbocycles. The Labute approximate surface area is 192 Å². The predicted octanol–water partition coefficient (Wildman–Crippen LogP) is 5.80. The molecule has 2 heterocycles. The van der Waals surface area contributed by atoms with E-state index in [0.29, 0.717) is 23.5 Å². The summed E-state index contributed by atoms with van der Waals surface area (Å²) in [5, 5.41) is 29.4. The molecule has 9 heteroatoms. The van der Waals surface area contributed by atoms with Crippen molar-refractivity contribution in [2.24, 2.45) is 0 Å². The van der Waals surface area contributed by atoms with Gasteiger partial charge in [-0.3, -0.25) is 4.79 Å². The Bertz CT molecular complexity index is 1240. The third-order valence-electron chi connectivity index (χ3n) is 4.73. The van der Waals surface area contributed by atoms with Gasteiger partial charge in [-0.25, -0.2) is 0 Å². The maximum atomic E-state index is 13.2. The molecule has 1 unspecified atom stereocenters. The van der Waals surface area contributed by atoms with E-state index in [1.54, 1.807) is 6.07 Å². The summed E-state index contributed by atoms with van der Waals surface area (Å²) in [6.45, 7) is 4.04. The Morgan fingerprint density at radius 2 is 1.78 bits per heavy atom. The van der Waals surface area contributed by atoms with E-state index in [-0.39, 0.29) is 28.1 Å². The molecule has 0 fully saturated rings. The molecule has 0 aliphatic carbocycles. The summed E-state index contributed by atoms with van der Waals surface area (Å²) in [4.78, 5) is 13.2. The van der Waals surface area contributed by atoms with Crippen molar-refractivity contribution in [3.8, 4) is 33.4 Å². The quantitative estimate of drug-likeness (QED) is 0.329. The number of phenolic OH excluding ortho intramolecular Hbond substituents is 2. The number of hydrogen-bond donors (Lipinski definition) is 2. The van der Waals surface area contributed by atoms with E-state index in [2.05, 4.69) is 10.2 Å². The molecule has 4 aromatic rings. The van der Waals surface area contributed by atoms with Gasteiger partial charge in [0.05, 0.1) is 0 Å². The molecule has 0 aliphatic rings. The number of benzene rings is 2. The summed E-state index contributed by atoms with van der Waals surface area (Å²) < 4.78 is 11.4. The Morgan fingerprint density at radius 3 is 2.38 bits per heavy atom. The number of hydrogen-bond acceptors (Lipinski definition) is 8. The second-order valence-electron chi connectivity index (χ2n) is 6.94. The Morgan fingerprint density at radius 1 is 1.09 bits per heavy atom. The van der Waals surface area contributed by atoms with Crippen molar-refractivity contribution in [1.82, 2.24) is 10.2 Å². The lowest BCUT2D eigenvalue weighted by Gasteiger charge is -2.15. The van der Waals surface area contributed by atoms with Crippen LogP contribution in [-0.4, -0.2) is 32.8 Å². The van der Waals surface area contributed by atoms with Gasteiger partial charge in [-0.2, -0.15) is 0 Å². The van der Waals surface area contributed by atoms with E-state index in [1.165, 1.54) is 29.5 Å². The number of furan rings is 1. The van der Waals surface area contributed by atoms with Crippen LogP contribution >= 0.6 is 22.9 Å². The molecule has 0 radical (unpaired) electrons. The second-order valence-corrected chi connectivity index (χ2v) is 8.50. The van der Waals surface area contributed by atoms with Crippen molar-refractivity contribution in [3.05, 3.63) is 69.9 Å². The van der Waals surface area contributed by atoms with Crippen molar-refractivity contribution in [3.63, 3.8) is 0 Å². The maximum absolute atomic E-state index is 13.2. The molecule has 0 bridgehead atoms. The Kier molecular flexibility index (Phi) is 6.27. The molecule has 2 N–H and O–H groups in total. The van der Waals surface area contributed by atoms with Crippen molar-refractivity contribution in [2.45, 2.75) is 20.0 Å². The number of ketones is 1. The zero-order chi connectivity index (χ0) is 22.8. The van der Waals surface area contributed by atoms with Crippen molar-refractivity contribution in [2.75, 3.05) is 6.61 Å². The summed E-state index contributed by atoms with van der Waals surface area (Å²) in [5.74, 6) is -0.531. The highest BCUT2D eigenvalue weighted by Crippen LogP contribution is 2.38. The molecule has 2 aromatic heterocycles. The second kappa shape index (κ2) is 9.12. The summed E-state index contributed by atoms with van der Waals surface area (Å²) in [7, 11) is 0. The number of aromatic hydroxyl groups is 2. The van der Waals surface area contributed by atoms with Crippen LogP contribution in [0.3, 0.4) is 0 Å². The normalized spacial score (nSPS) is 12.1. The molecule has 32 heavy (non-hydrogen) atoms. The topological polar surface area (TPSA) is 106 Å². The van der Waals surface area contributed by atoms with E-state index >= 15 is 0 Å². The number of nitrogens with zero attached hydrogens (tertiary/aromatic N) is 2. The monoisotopic (exact) mass is 470 g/mol. The zero-order valence-electron chi connectivity index (χ0n) is 17.2. The average molecular weight is 471 g/mol. The van der Waals surface area contributed by atoms with Gasteiger partial charge in [0.1, 0.15) is 38.4 Å². The minimum absolute atomic E-state index is 0.0937. The molecule has 1 atom stereocenters. The van der Waals surface area contributed by atoms with Crippen LogP contribution in [0.5, 0.6) is 11.5 Å². The zero-order valence-corrected chi connectivity index (χ0v) is 18.8. The molecule has 164 valence electrons. The van der Waals surface area contributed by atoms with Gasteiger partial charge in [0.25, 0.3) is 0 Å². The van der Waals surface area contributed by atoms with Gasteiger partial charge < -0.3 is 19.4 Å². The molecule has 2 aromatic carbocycles. The van der Waals surface area contributed by atoms with E-state index < -0.39 is 6.10 Å². The first-order chi connectivity index (χ1) is 15.4. The van der Waals surface area contributed by atoms with E-state index in [4.69, 9.17) is 20.8 Å². The molecule has 0 aliphatic heterocycles. The molecule has 4 rings (SSSR count). The SMILES string of the molecule is CCOC(C(=O)c1ccc(-c2cc(O)c(Cl)c(O)c2)o1)c1ccc(-c2nnc(C)s2)cc1. The molecule has 0 saturated heterocycles. The van der Waals surface area contributed by atoms with Crippen LogP contribution in [-0.2, 0) is 4.74 Å². The smallest absolute Gasteiger partial charge is 0.231 e. The number of phenols is 2. The first-order valence-electron chi connectivity index (χ1n) is 9.75. The van der Waals surface area contributed by atoms with Crippen LogP contribution in [0.25, 0.3) is 21.9 Å². The number of aromatic nitrogens is 2. The number of ether oxygens (including phenoxy) is 1. The molecule has 7 nitrogen and oxygen atoms in total. The van der Waals surface area contributed by atoms with Gasteiger partial charge in [0.2, 0.25) is 5.78 Å².